The van der Waals surface area contributed by atoms with Crippen LogP contribution in [0.25, 0.3) is 0 Å². The highest BCUT2D eigenvalue weighted by Crippen LogP contribution is 2.39. The Bertz CT molecular complexity index is 377. The molecule has 2 rings (SSSR count). The minimum atomic E-state index is -0.313. The summed E-state index contributed by atoms with van der Waals surface area (Å²) in [6.45, 7) is 6.60. The molecule has 0 aliphatic heterocycles. The Labute approximate surface area is 104 Å². The molecule has 1 heterocycles. The van der Waals surface area contributed by atoms with Gasteiger partial charge in [-0.2, -0.15) is 0 Å². The van der Waals surface area contributed by atoms with E-state index in [1.807, 2.05) is 19.1 Å². The quantitative estimate of drug-likeness (QED) is 0.848. The second-order valence-electron chi connectivity index (χ2n) is 5.70. The van der Waals surface area contributed by atoms with Crippen LogP contribution in [0, 0.1) is 24.7 Å². The van der Waals surface area contributed by atoms with E-state index in [9.17, 15) is 5.11 Å². The third-order valence-corrected chi connectivity index (χ3v) is 4.35. The number of hydrogen-bond donors (Lipinski definition) is 1. The molecule has 1 aliphatic rings. The number of nitrogens with zero attached hydrogens (tertiary/aromatic N) is 1. The first-order valence-corrected chi connectivity index (χ1v) is 6.68. The minimum absolute atomic E-state index is 0.313. The molecule has 1 aromatic heterocycles. The highest BCUT2D eigenvalue weighted by Gasteiger charge is 2.29. The van der Waals surface area contributed by atoms with Gasteiger partial charge in [0.15, 0.2) is 0 Å². The van der Waals surface area contributed by atoms with Crippen LogP contribution in [0.4, 0.5) is 0 Å². The van der Waals surface area contributed by atoms with Crippen molar-refractivity contribution >= 4 is 0 Å². The maximum atomic E-state index is 10.4. The summed E-state index contributed by atoms with van der Waals surface area (Å²) in [5, 5.41) is 10.4. The van der Waals surface area contributed by atoms with Crippen LogP contribution in [0.15, 0.2) is 18.3 Å². The molecule has 0 aromatic carbocycles. The molecule has 1 aliphatic carbocycles. The summed E-state index contributed by atoms with van der Waals surface area (Å²) in [5.74, 6) is 1.95. The number of aryl methyl sites for hydroxylation is 1. The van der Waals surface area contributed by atoms with Crippen molar-refractivity contribution < 1.29 is 5.11 Å². The number of rotatable bonds is 2. The van der Waals surface area contributed by atoms with Crippen molar-refractivity contribution in [2.24, 2.45) is 17.8 Å². The van der Waals surface area contributed by atoms with E-state index in [0.717, 1.165) is 35.9 Å². The Morgan fingerprint density at radius 1 is 1.29 bits per heavy atom. The van der Waals surface area contributed by atoms with E-state index in [0.29, 0.717) is 5.92 Å². The Hall–Kier alpha value is -0.890. The van der Waals surface area contributed by atoms with E-state index < -0.39 is 0 Å². The van der Waals surface area contributed by atoms with E-state index in [4.69, 9.17) is 0 Å². The molecule has 4 atom stereocenters. The third kappa shape index (κ3) is 2.86. The summed E-state index contributed by atoms with van der Waals surface area (Å²) in [6.07, 6.45) is 5.01. The Morgan fingerprint density at radius 2 is 2.06 bits per heavy atom. The van der Waals surface area contributed by atoms with Crippen LogP contribution < -0.4 is 0 Å². The summed E-state index contributed by atoms with van der Waals surface area (Å²) in [6, 6.07) is 3.95. The van der Waals surface area contributed by atoms with Gasteiger partial charge in [0.25, 0.3) is 0 Å². The van der Waals surface area contributed by atoms with Gasteiger partial charge in [-0.05, 0) is 55.2 Å². The molecular formula is C15H23NO. The van der Waals surface area contributed by atoms with Crippen molar-refractivity contribution in [1.29, 1.82) is 0 Å². The monoisotopic (exact) mass is 233 g/mol. The zero-order valence-electron chi connectivity index (χ0n) is 11.1. The average Bonchev–Trinajstić information content (AvgIpc) is 2.32. The highest BCUT2D eigenvalue weighted by molar-refractivity contribution is 5.18. The first-order chi connectivity index (χ1) is 8.08. The summed E-state index contributed by atoms with van der Waals surface area (Å²) < 4.78 is 0. The molecule has 4 unspecified atom stereocenters. The van der Waals surface area contributed by atoms with Gasteiger partial charge in [0, 0.05) is 11.9 Å². The number of pyridine rings is 1. The van der Waals surface area contributed by atoms with Gasteiger partial charge in [-0.15, -0.1) is 0 Å². The largest absolute Gasteiger partial charge is 0.388 e. The van der Waals surface area contributed by atoms with Crippen molar-refractivity contribution in [2.75, 3.05) is 0 Å². The molecule has 1 saturated carbocycles. The fraction of sp³-hybridized carbons (Fsp3) is 0.667. The average molecular weight is 233 g/mol. The van der Waals surface area contributed by atoms with Crippen LogP contribution in [-0.4, -0.2) is 10.1 Å². The fourth-order valence-electron chi connectivity index (χ4n) is 2.90. The summed E-state index contributed by atoms with van der Waals surface area (Å²) in [7, 11) is 0. The van der Waals surface area contributed by atoms with E-state index in [2.05, 4.69) is 18.8 Å². The predicted molar refractivity (Wildman–Crippen MR) is 69.6 cm³/mol. The smallest absolute Gasteiger partial charge is 0.0819 e. The Morgan fingerprint density at radius 3 is 2.71 bits per heavy atom. The molecule has 0 radical (unpaired) electrons. The van der Waals surface area contributed by atoms with Gasteiger partial charge in [0.05, 0.1) is 6.10 Å². The van der Waals surface area contributed by atoms with Gasteiger partial charge < -0.3 is 5.11 Å². The Kier molecular flexibility index (Phi) is 3.82. The standard InChI is InChI=1S/C15H23NO/c1-10-4-5-13(8-11(10)2)15(17)14-6-7-16-12(3)9-14/h6-7,9-11,13,15,17H,4-5,8H2,1-3H3. The van der Waals surface area contributed by atoms with Crippen LogP contribution in [0.5, 0.6) is 0 Å². The molecular weight excluding hydrogens is 210 g/mol. The van der Waals surface area contributed by atoms with Crippen LogP contribution in [0.3, 0.4) is 0 Å². The maximum absolute atomic E-state index is 10.4. The molecule has 1 aromatic rings. The van der Waals surface area contributed by atoms with Gasteiger partial charge in [-0.1, -0.05) is 20.3 Å². The van der Waals surface area contributed by atoms with Crippen molar-refractivity contribution in [3.8, 4) is 0 Å². The summed E-state index contributed by atoms with van der Waals surface area (Å²) >= 11 is 0. The van der Waals surface area contributed by atoms with Gasteiger partial charge in [0.1, 0.15) is 0 Å². The van der Waals surface area contributed by atoms with Crippen LogP contribution in [-0.2, 0) is 0 Å². The van der Waals surface area contributed by atoms with Gasteiger partial charge in [-0.25, -0.2) is 0 Å². The molecule has 2 nitrogen and oxygen atoms in total. The topological polar surface area (TPSA) is 33.1 Å². The van der Waals surface area contributed by atoms with E-state index >= 15 is 0 Å². The molecule has 0 amide bonds. The number of hydrogen-bond acceptors (Lipinski definition) is 2. The van der Waals surface area contributed by atoms with Crippen LogP contribution >= 0.6 is 0 Å². The molecule has 1 N–H and O–H groups in total. The first kappa shape index (κ1) is 12.6. The zero-order valence-corrected chi connectivity index (χ0v) is 11.1. The molecule has 17 heavy (non-hydrogen) atoms. The van der Waals surface area contributed by atoms with Crippen molar-refractivity contribution in [3.05, 3.63) is 29.6 Å². The van der Waals surface area contributed by atoms with Crippen LogP contribution in [0.1, 0.15) is 50.5 Å². The van der Waals surface area contributed by atoms with Gasteiger partial charge in [0.2, 0.25) is 0 Å². The van der Waals surface area contributed by atoms with Crippen molar-refractivity contribution in [3.63, 3.8) is 0 Å². The zero-order chi connectivity index (χ0) is 12.4. The molecule has 0 spiro atoms. The number of aromatic nitrogens is 1. The van der Waals surface area contributed by atoms with Gasteiger partial charge in [-0.3, -0.25) is 4.98 Å². The predicted octanol–water partition coefficient (Wildman–Crippen LogP) is 3.50. The van der Waals surface area contributed by atoms with Crippen LogP contribution in [0.2, 0.25) is 0 Å². The second kappa shape index (κ2) is 5.18. The molecule has 1 fully saturated rings. The normalized spacial score (nSPS) is 31.2. The molecule has 2 heteroatoms. The van der Waals surface area contributed by atoms with E-state index in [1.165, 1.54) is 6.42 Å². The summed E-state index contributed by atoms with van der Waals surface area (Å²) in [4.78, 5) is 4.18. The lowest BCUT2D eigenvalue weighted by Gasteiger charge is -2.34. The van der Waals surface area contributed by atoms with Gasteiger partial charge >= 0.3 is 0 Å². The maximum Gasteiger partial charge on any atom is 0.0819 e. The lowest BCUT2D eigenvalue weighted by Crippen LogP contribution is -2.25. The number of aliphatic hydroxyl groups excluding tert-OH is 1. The lowest BCUT2D eigenvalue weighted by molar-refractivity contribution is 0.0560. The number of aliphatic hydroxyl groups is 1. The first-order valence-electron chi connectivity index (χ1n) is 6.68. The minimum Gasteiger partial charge on any atom is -0.388 e. The second-order valence-corrected chi connectivity index (χ2v) is 5.70. The highest BCUT2D eigenvalue weighted by atomic mass is 16.3. The third-order valence-electron chi connectivity index (χ3n) is 4.35. The van der Waals surface area contributed by atoms with E-state index in [1.54, 1.807) is 6.20 Å². The Balaban J connectivity index is 2.07. The van der Waals surface area contributed by atoms with Crippen molar-refractivity contribution in [2.45, 2.75) is 46.1 Å². The molecule has 0 bridgehead atoms. The van der Waals surface area contributed by atoms with Crippen molar-refractivity contribution in [1.82, 2.24) is 4.98 Å². The SMILES string of the molecule is Cc1cc(C(O)C2CCC(C)C(C)C2)ccn1. The lowest BCUT2D eigenvalue weighted by atomic mass is 9.73. The molecule has 94 valence electrons. The molecule has 0 saturated heterocycles. The van der Waals surface area contributed by atoms with E-state index in [-0.39, 0.29) is 6.10 Å². The summed E-state index contributed by atoms with van der Waals surface area (Å²) in [5.41, 5.74) is 2.02. The fourth-order valence-corrected chi connectivity index (χ4v) is 2.90.